The molecule has 1 aliphatic rings. The molecule has 0 radical (unpaired) electrons. The molecule has 25 heavy (non-hydrogen) atoms. The average molecular weight is 331 g/mol. The van der Waals surface area contributed by atoms with Crippen molar-refractivity contribution in [3.8, 4) is 0 Å². The van der Waals surface area contributed by atoms with Gasteiger partial charge in [0.25, 0.3) is 0 Å². The molecule has 4 heteroatoms. The number of H-pyrrole nitrogens is 1. The third-order valence-electron chi connectivity index (χ3n) is 4.74. The molecule has 0 atom stereocenters. The molecule has 0 bridgehead atoms. The van der Waals surface area contributed by atoms with Gasteiger partial charge in [-0.1, -0.05) is 60.7 Å². The first-order valence-corrected chi connectivity index (χ1v) is 8.62. The van der Waals surface area contributed by atoms with E-state index < -0.39 is 0 Å². The third kappa shape index (κ3) is 3.29. The zero-order valence-corrected chi connectivity index (χ0v) is 14.0. The van der Waals surface area contributed by atoms with Gasteiger partial charge in [0, 0.05) is 31.4 Å². The molecule has 4 rings (SSSR count). The highest BCUT2D eigenvalue weighted by Gasteiger charge is 2.24. The number of amides is 2. The Kier molecular flexibility index (Phi) is 4.25. The van der Waals surface area contributed by atoms with E-state index in [1.165, 1.54) is 11.3 Å². The van der Waals surface area contributed by atoms with Crippen molar-refractivity contribution in [2.75, 3.05) is 6.54 Å². The molecule has 2 N–H and O–H groups in total. The van der Waals surface area contributed by atoms with Gasteiger partial charge in [-0.05, 0) is 22.8 Å². The highest BCUT2D eigenvalue weighted by molar-refractivity contribution is 5.75. The first kappa shape index (κ1) is 15.5. The van der Waals surface area contributed by atoms with Crippen molar-refractivity contribution in [2.24, 2.45) is 0 Å². The molecular weight excluding hydrogens is 310 g/mol. The summed E-state index contributed by atoms with van der Waals surface area (Å²) in [6.07, 6.45) is 2.82. The molecule has 2 aromatic carbocycles. The van der Waals surface area contributed by atoms with Gasteiger partial charge in [0.1, 0.15) is 0 Å². The van der Waals surface area contributed by atoms with Crippen molar-refractivity contribution < 1.29 is 4.79 Å². The molecule has 0 saturated carbocycles. The molecule has 0 fully saturated rings. The van der Waals surface area contributed by atoms with E-state index in [0.29, 0.717) is 6.54 Å². The van der Waals surface area contributed by atoms with E-state index in [4.69, 9.17) is 0 Å². The van der Waals surface area contributed by atoms with Crippen molar-refractivity contribution in [1.29, 1.82) is 0 Å². The van der Waals surface area contributed by atoms with Crippen molar-refractivity contribution in [3.05, 3.63) is 95.3 Å². The van der Waals surface area contributed by atoms with Crippen LogP contribution in [0.15, 0.2) is 72.9 Å². The number of carbonyl (C=O) groups excluding carboxylic acids is 1. The van der Waals surface area contributed by atoms with Gasteiger partial charge < -0.3 is 15.2 Å². The highest BCUT2D eigenvalue weighted by atomic mass is 16.2. The van der Waals surface area contributed by atoms with E-state index in [2.05, 4.69) is 40.6 Å². The monoisotopic (exact) mass is 331 g/mol. The zero-order valence-electron chi connectivity index (χ0n) is 14.0. The molecule has 0 spiro atoms. The summed E-state index contributed by atoms with van der Waals surface area (Å²) in [4.78, 5) is 18.0. The van der Waals surface area contributed by atoms with E-state index in [9.17, 15) is 4.79 Å². The van der Waals surface area contributed by atoms with Crippen LogP contribution < -0.4 is 5.32 Å². The lowest BCUT2D eigenvalue weighted by molar-refractivity contribution is 0.190. The maximum Gasteiger partial charge on any atom is 0.318 e. The van der Waals surface area contributed by atoms with Crippen LogP contribution in [0.5, 0.6) is 0 Å². The van der Waals surface area contributed by atoms with Crippen molar-refractivity contribution in [2.45, 2.75) is 19.0 Å². The molecule has 1 aliphatic heterocycles. The maximum atomic E-state index is 12.9. The van der Waals surface area contributed by atoms with Crippen LogP contribution in [0.25, 0.3) is 0 Å². The predicted octanol–water partition coefficient (Wildman–Crippen LogP) is 3.87. The van der Waals surface area contributed by atoms with Crippen molar-refractivity contribution in [3.63, 3.8) is 0 Å². The Morgan fingerprint density at radius 3 is 2.24 bits per heavy atom. The standard InChI is InChI=1S/C21H21N3O/c25-21(24-14-12-19-18(15-24)11-13-22-19)23-20(16-7-3-1-4-8-16)17-9-5-2-6-10-17/h1-11,13,20,22H,12,14-15H2,(H,23,25). The predicted molar refractivity (Wildman–Crippen MR) is 98.2 cm³/mol. The summed E-state index contributed by atoms with van der Waals surface area (Å²) in [6.45, 7) is 1.39. The average Bonchev–Trinajstić information content (AvgIpc) is 3.15. The van der Waals surface area contributed by atoms with E-state index in [1.807, 2.05) is 47.5 Å². The van der Waals surface area contributed by atoms with Gasteiger partial charge in [0.2, 0.25) is 0 Å². The Balaban J connectivity index is 1.56. The number of aromatic nitrogens is 1. The Morgan fingerprint density at radius 2 is 1.60 bits per heavy atom. The number of aromatic amines is 1. The lowest BCUT2D eigenvalue weighted by Gasteiger charge is -2.30. The number of nitrogens with one attached hydrogen (secondary N) is 2. The Morgan fingerprint density at radius 1 is 0.960 bits per heavy atom. The second-order valence-corrected chi connectivity index (χ2v) is 6.36. The number of urea groups is 1. The fourth-order valence-corrected chi connectivity index (χ4v) is 3.39. The number of hydrogen-bond acceptors (Lipinski definition) is 1. The quantitative estimate of drug-likeness (QED) is 0.752. The van der Waals surface area contributed by atoms with E-state index in [-0.39, 0.29) is 12.1 Å². The minimum absolute atomic E-state index is 0.0236. The van der Waals surface area contributed by atoms with Gasteiger partial charge >= 0.3 is 6.03 Å². The normalized spacial score (nSPS) is 13.6. The van der Waals surface area contributed by atoms with Gasteiger partial charge in [-0.15, -0.1) is 0 Å². The summed E-state index contributed by atoms with van der Waals surface area (Å²) < 4.78 is 0. The van der Waals surface area contributed by atoms with Crippen LogP contribution in [-0.2, 0) is 13.0 Å². The summed E-state index contributed by atoms with van der Waals surface area (Å²) >= 11 is 0. The minimum atomic E-state index is -0.150. The SMILES string of the molecule is O=C(NC(c1ccccc1)c1ccccc1)N1CCc2[nH]ccc2C1. The topological polar surface area (TPSA) is 48.1 Å². The van der Waals surface area contributed by atoms with E-state index >= 15 is 0 Å². The molecule has 2 heterocycles. The summed E-state index contributed by atoms with van der Waals surface area (Å²) in [6, 6.07) is 22.1. The fraction of sp³-hybridized carbons (Fsp3) is 0.190. The number of rotatable bonds is 3. The summed E-state index contributed by atoms with van der Waals surface area (Å²) in [5, 5.41) is 3.22. The first-order chi connectivity index (χ1) is 12.3. The van der Waals surface area contributed by atoms with Gasteiger partial charge in [-0.3, -0.25) is 0 Å². The fourth-order valence-electron chi connectivity index (χ4n) is 3.39. The van der Waals surface area contributed by atoms with Crippen LogP contribution in [0.3, 0.4) is 0 Å². The largest absolute Gasteiger partial charge is 0.365 e. The number of fused-ring (bicyclic) bond motifs is 1. The van der Waals surface area contributed by atoms with E-state index in [0.717, 1.165) is 24.1 Å². The van der Waals surface area contributed by atoms with Gasteiger partial charge in [0.15, 0.2) is 0 Å². The van der Waals surface area contributed by atoms with Crippen LogP contribution in [0.4, 0.5) is 4.79 Å². The Hall–Kier alpha value is -3.01. The zero-order chi connectivity index (χ0) is 17.1. The Labute approximate surface area is 147 Å². The number of benzene rings is 2. The number of hydrogen-bond donors (Lipinski definition) is 2. The lowest BCUT2D eigenvalue weighted by Crippen LogP contribution is -2.44. The number of nitrogens with zero attached hydrogens (tertiary/aromatic N) is 1. The summed E-state index contributed by atoms with van der Waals surface area (Å²) in [5.41, 5.74) is 4.62. The maximum absolute atomic E-state index is 12.9. The van der Waals surface area contributed by atoms with Crippen LogP contribution in [0, 0.1) is 0 Å². The van der Waals surface area contributed by atoms with Crippen molar-refractivity contribution >= 4 is 6.03 Å². The van der Waals surface area contributed by atoms with E-state index in [1.54, 1.807) is 0 Å². The second-order valence-electron chi connectivity index (χ2n) is 6.36. The molecular formula is C21H21N3O. The molecule has 0 aliphatic carbocycles. The van der Waals surface area contributed by atoms with Crippen LogP contribution in [0.2, 0.25) is 0 Å². The molecule has 126 valence electrons. The molecule has 1 aromatic heterocycles. The summed E-state index contributed by atoms with van der Waals surface area (Å²) in [5.74, 6) is 0. The van der Waals surface area contributed by atoms with Gasteiger partial charge in [-0.2, -0.15) is 0 Å². The van der Waals surface area contributed by atoms with Crippen LogP contribution in [0.1, 0.15) is 28.4 Å². The van der Waals surface area contributed by atoms with Crippen LogP contribution in [-0.4, -0.2) is 22.5 Å². The van der Waals surface area contributed by atoms with Crippen molar-refractivity contribution in [1.82, 2.24) is 15.2 Å². The molecule has 3 aromatic rings. The lowest BCUT2D eigenvalue weighted by atomic mass is 9.99. The third-order valence-corrected chi connectivity index (χ3v) is 4.74. The van der Waals surface area contributed by atoms with Gasteiger partial charge in [0.05, 0.1) is 6.04 Å². The van der Waals surface area contributed by atoms with Crippen LogP contribution >= 0.6 is 0 Å². The second kappa shape index (κ2) is 6.85. The molecule has 4 nitrogen and oxygen atoms in total. The first-order valence-electron chi connectivity index (χ1n) is 8.62. The summed E-state index contributed by atoms with van der Waals surface area (Å²) in [7, 11) is 0. The molecule has 0 unspecified atom stereocenters. The Bertz CT molecular complexity index is 802. The highest BCUT2D eigenvalue weighted by Crippen LogP contribution is 2.23. The molecule has 2 amide bonds. The minimum Gasteiger partial charge on any atom is -0.365 e. The van der Waals surface area contributed by atoms with Gasteiger partial charge in [-0.25, -0.2) is 4.79 Å². The molecule has 0 saturated heterocycles. The smallest absolute Gasteiger partial charge is 0.318 e. The number of carbonyl (C=O) groups is 1.